The van der Waals surface area contributed by atoms with E-state index in [1.54, 1.807) is 11.3 Å². The Morgan fingerprint density at radius 1 is 1.52 bits per heavy atom. The molecule has 2 rings (SSSR count). The van der Waals surface area contributed by atoms with E-state index in [9.17, 15) is 0 Å². The van der Waals surface area contributed by atoms with Crippen LogP contribution >= 0.6 is 11.3 Å². The molecule has 1 aromatic rings. The van der Waals surface area contributed by atoms with Gasteiger partial charge in [-0.2, -0.15) is 0 Å². The predicted molar refractivity (Wildman–Crippen MR) is 91.0 cm³/mol. The molecule has 1 unspecified atom stereocenters. The van der Waals surface area contributed by atoms with Gasteiger partial charge in [-0.05, 0) is 18.8 Å². The van der Waals surface area contributed by atoms with Crippen LogP contribution in [-0.2, 0) is 11.8 Å². The van der Waals surface area contributed by atoms with E-state index in [2.05, 4.69) is 43.0 Å². The number of guanidine groups is 1. The normalized spacial score (nSPS) is 20.9. The molecule has 0 saturated carbocycles. The summed E-state index contributed by atoms with van der Waals surface area (Å²) in [4.78, 5) is 11.5. The highest BCUT2D eigenvalue weighted by Crippen LogP contribution is 2.24. The van der Waals surface area contributed by atoms with Gasteiger partial charge in [0.1, 0.15) is 0 Å². The minimum absolute atomic E-state index is 0.126. The maximum Gasteiger partial charge on any atom is 0.191 e. The minimum atomic E-state index is 0.126. The summed E-state index contributed by atoms with van der Waals surface area (Å²) >= 11 is 1.73. The number of hydrogen-bond acceptors (Lipinski definition) is 3. The first kappa shape index (κ1) is 16.3. The molecule has 0 radical (unpaired) electrons. The van der Waals surface area contributed by atoms with Crippen LogP contribution in [0.5, 0.6) is 0 Å². The molecule has 0 aliphatic carbocycles. The molecule has 1 aliphatic rings. The van der Waals surface area contributed by atoms with Gasteiger partial charge in [0.25, 0.3) is 0 Å². The molecular formula is C16H28N4S. The monoisotopic (exact) mass is 308 g/mol. The van der Waals surface area contributed by atoms with Crippen LogP contribution in [0.4, 0.5) is 0 Å². The lowest BCUT2D eigenvalue weighted by Gasteiger charge is -2.31. The molecule has 1 fully saturated rings. The van der Waals surface area contributed by atoms with Gasteiger partial charge < -0.3 is 10.6 Å². The van der Waals surface area contributed by atoms with Gasteiger partial charge in [0.05, 0.1) is 10.7 Å². The van der Waals surface area contributed by atoms with Crippen molar-refractivity contribution in [1.82, 2.24) is 9.88 Å². The fraction of sp³-hybridized carbons (Fsp3) is 0.750. The van der Waals surface area contributed by atoms with Crippen molar-refractivity contribution in [1.29, 1.82) is 0 Å². The summed E-state index contributed by atoms with van der Waals surface area (Å²) in [6, 6.07) is 0. The highest BCUT2D eigenvalue weighted by molar-refractivity contribution is 7.09. The summed E-state index contributed by atoms with van der Waals surface area (Å²) in [6.07, 6.45) is 3.40. The predicted octanol–water partition coefficient (Wildman–Crippen LogP) is 3.03. The highest BCUT2D eigenvalue weighted by Gasteiger charge is 2.18. The molecule has 0 aromatic carbocycles. The van der Waals surface area contributed by atoms with Crippen LogP contribution in [0, 0.1) is 5.92 Å². The van der Waals surface area contributed by atoms with Crippen LogP contribution in [0.3, 0.4) is 0 Å². The first-order chi connectivity index (χ1) is 9.86. The van der Waals surface area contributed by atoms with Gasteiger partial charge in [0.2, 0.25) is 0 Å². The molecule has 4 nitrogen and oxygen atoms in total. The van der Waals surface area contributed by atoms with Gasteiger partial charge in [-0.15, -0.1) is 11.3 Å². The number of nitrogens with zero attached hydrogens (tertiary/aromatic N) is 3. The van der Waals surface area contributed by atoms with Crippen molar-refractivity contribution in [2.75, 3.05) is 19.6 Å². The Balaban J connectivity index is 1.85. The van der Waals surface area contributed by atoms with E-state index in [0.29, 0.717) is 5.96 Å². The molecule has 5 heteroatoms. The zero-order chi connectivity index (χ0) is 15.5. The molecule has 118 valence electrons. The zero-order valence-corrected chi connectivity index (χ0v) is 14.5. The van der Waals surface area contributed by atoms with Crippen molar-refractivity contribution < 1.29 is 0 Å². The quantitative estimate of drug-likeness (QED) is 0.690. The van der Waals surface area contributed by atoms with Crippen molar-refractivity contribution in [3.63, 3.8) is 0 Å². The molecule has 1 aliphatic heterocycles. The van der Waals surface area contributed by atoms with Crippen molar-refractivity contribution in [2.24, 2.45) is 16.6 Å². The standard InChI is InChI=1S/C16H28N4S/c1-12-6-5-9-20(10-12)15(17)18-8-7-14-19-13(11-21-14)16(2,3)4/h11-12H,5-10H2,1-4H3,(H2,17,18). The van der Waals surface area contributed by atoms with Crippen LogP contribution in [0.1, 0.15) is 51.2 Å². The first-order valence-electron chi connectivity index (χ1n) is 7.86. The Labute approximate surface area is 132 Å². The average molecular weight is 308 g/mol. The van der Waals surface area contributed by atoms with E-state index in [1.165, 1.54) is 18.5 Å². The van der Waals surface area contributed by atoms with Crippen molar-refractivity contribution in [2.45, 2.75) is 52.4 Å². The molecule has 2 heterocycles. The molecule has 0 spiro atoms. The van der Waals surface area contributed by atoms with Gasteiger partial charge in [0, 0.05) is 36.9 Å². The number of piperidine rings is 1. The summed E-state index contributed by atoms with van der Waals surface area (Å²) in [6.45, 7) is 11.7. The summed E-state index contributed by atoms with van der Waals surface area (Å²) in [5.74, 6) is 1.43. The van der Waals surface area contributed by atoms with Gasteiger partial charge in [-0.3, -0.25) is 4.99 Å². The molecule has 1 saturated heterocycles. The third-order valence-electron chi connectivity index (χ3n) is 3.90. The number of aliphatic imine (C=N–C) groups is 1. The number of nitrogens with two attached hydrogens (primary N) is 1. The largest absolute Gasteiger partial charge is 0.370 e. The molecule has 0 amide bonds. The topological polar surface area (TPSA) is 54.5 Å². The fourth-order valence-electron chi connectivity index (χ4n) is 2.53. The Hall–Kier alpha value is -1.10. The molecule has 0 bridgehead atoms. The van der Waals surface area contributed by atoms with E-state index >= 15 is 0 Å². The maximum atomic E-state index is 6.11. The van der Waals surface area contributed by atoms with Crippen LogP contribution in [0.15, 0.2) is 10.4 Å². The summed E-state index contributed by atoms with van der Waals surface area (Å²) in [5.41, 5.74) is 7.40. The van der Waals surface area contributed by atoms with Crippen molar-refractivity contribution in [3.8, 4) is 0 Å². The third kappa shape index (κ3) is 4.70. The van der Waals surface area contributed by atoms with E-state index in [4.69, 9.17) is 10.7 Å². The van der Waals surface area contributed by atoms with E-state index in [0.717, 1.165) is 37.0 Å². The number of rotatable bonds is 3. The molecule has 2 N–H and O–H groups in total. The summed E-state index contributed by atoms with van der Waals surface area (Å²) in [7, 11) is 0. The Bertz CT molecular complexity index is 487. The van der Waals surface area contributed by atoms with E-state index in [-0.39, 0.29) is 5.41 Å². The Kier molecular flexibility index (Phi) is 5.25. The summed E-state index contributed by atoms with van der Waals surface area (Å²) < 4.78 is 0. The Morgan fingerprint density at radius 3 is 2.90 bits per heavy atom. The SMILES string of the molecule is CC1CCCN(C(N)=NCCc2nc(C(C)(C)C)cs2)C1. The maximum absolute atomic E-state index is 6.11. The first-order valence-corrected chi connectivity index (χ1v) is 8.74. The molecule has 21 heavy (non-hydrogen) atoms. The van der Waals surface area contributed by atoms with Gasteiger partial charge in [-0.25, -0.2) is 4.98 Å². The van der Waals surface area contributed by atoms with E-state index in [1.807, 2.05) is 0 Å². The number of thiazole rings is 1. The number of aromatic nitrogens is 1. The number of likely N-dealkylation sites (tertiary alicyclic amines) is 1. The second-order valence-electron chi connectivity index (χ2n) is 7.06. The second-order valence-corrected chi connectivity index (χ2v) is 8.00. The van der Waals surface area contributed by atoms with Gasteiger partial charge in [-0.1, -0.05) is 27.7 Å². The van der Waals surface area contributed by atoms with Crippen molar-refractivity contribution in [3.05, 3.63) is 16.1 Å². The lowest BCUT2D eigenvalue weighted by molar-refractivity contribution is 0.270. The van der Waals surface area contributed by atoms with Crippen LogP contribution in [0.2, 0.25) is 0 Å². The lowest BCUT2D eigenvalue weighted by Crippen LogP contribution is -2.43. The Morgan fingerprint density at radius 2 is 2.29 bits per heavy atom. The van der Waals surface area contributed by atoms with Gasteiger partial charge in [0.15, 0.2) is 5.96 Å². The number of hydrogen-bond donors (Lipinski definition) is 1. The second kappa shape index (κ2) is 6.77. The zero-order valence-electron chi connectivity index (χ0n) is 13.7. The lowest BCUT2D eigenvalue weighted by atomic mass is 9.93. The van der Waals surface area contributed by atoms with Crippen LogP contribution in [-0.4, -0.2) is 35.5 Å². The fourth-order valence-corrected chi connectivity index (χ4v) is 3.55. The van der Waals surface area contributed by atoms with Gasteiger partial charge >= 0.3 is 0 Å². The highest BCUT2D eigenvalue weighted by atomic mass is 32.1. The third-order valence-corrected chi connectivity index (χ3v) is 4.81. The van der Waals surface area contributed by atoms with Crippen molar-refractivity contribution >= 4 is 17.3 Å². The van der Waals surface area contributed by atoms with Crippen LogP contribution < -0.4 is 5.73 Å². The van der Waals surface area contributed by atoms with Crippen LogP contribution in [0.25, 0.3) is 0 Å². The summed E-state index contributed by atoms with van der Waals surface area (Å²) in [5, 5.41) is 3.32. The smallest absolute Gasteiger partial charge is 0.191 e. The molecular weight excluding hydrogens is 280 g/mol. The van der Waals surface area contributed by atoms with E-state index < -0.39 is 0 Å². The average Bonchev–Trinajstić information content (AvgIpc) is 2.87. The minimum Gasteiger partial charge on any atom is -0.370 e. The molecule has 1 aromatic heterocycles. The molecule has 1 atom stereocenters.